The van der Waals surface area contributed by atoms with Crippen molar-refractivity contribution in [2.45, 2.75) is 0 Å². The van der Waals surface area contributed by atoms with Crippen LogP contribution in [0.15, 0.2) is 12.7 Å². The SMILES string of the molecule is C=CC(=O)OCC[N+](C)(C)C.Cl. The fourth-order valence-corrected chi connectivity index (χ4v) is 0.479. The molecule has 72 valence electrons. The molecule has 0 saturated carbocycles. The lowest BCUT2D eigenvalue weighted by Crippen LogP contribution is -2.37. The number of halogens is 1. The molecule has 0 unspecified atom stereocenters. The van der Waals surface area contributed by atoms with Crippen molar-refractivity contribution < 1.29 is 14.0 Å². The quantitative estimate of drug-likeness (QED) is 0.377. The van der Waals surface area contributed by atoms with Gasteiger partial charge in [-0.3, -0.25) is 0 Å². The molecule has 0 aromatic rings. The lowest BCUT2D eigenvalue weighted by Gasteiger charge is -2.23. The summed E-state index contributed by atoms with van der Waals surface area (Å²) < 4.78 is 5.59. The second-order valence-electron chi connectivity index (χ2n) is 3.39. The zero-order valence-corrected chi connectivity index (χ0v) is 8.69. The zero-order chi connectivity index (χ0) is 8.91. The lowest BCUT2D eigenvalue weighted by atomic mass is 10.5. The predicted molar refractivity (Wildman–Crippen MR) is 51.3 cm³/mol. The molecule has 0 rings (SSSR count). The maximum atomic E-state index is 10.6. The highest BCUT2D eigenvalue weighted by atomic mass is 35.5. The van der Waals surface area contributed by atoms with Gasteiger partial charge in [0, 0.05) is 6.08 Å². The first-order valence-electron chi connectivity index (χ1n) is 3.55. The number of rotatable bonds is 4. The minimum Gasteiger partial charge on any atom is -0.457 e. The minimum atomic E-state index is -0.349. The molecule has 3 nitrogen and oxygen atoms in total. The second kappa shape index (κ2) is 6.03. The fraction of sp³-hybridized carbons (Fsp3) is 0.625. The zero-order valence-electron chi connectivity index (χ0n) is 7.87. The normalized spacial score (nSPS) is 9.92. The molecular weight excluding hydrogens is 178 g/mol. The summed E-state index contributed by atoms with van der Waals surface area (Å²) in [5, 5.41) is 0. The van der Waals surface area contributed by atoms with Crippen molar-refractivity contribution in [1.82, 2.24) is 0 Å². The summed E-state index contributed by atoms with van der Waals surface area (Å²) >= 11 is 0. The summed E-state index contributed by atoms with van der Waals surface area (Å²) in [6.45, 7) is 4.57. The van der Waals surface area contributed by atoms with Gasteiger partial charge in [0.2, 0.25) is 0 Å². The maximum Gasteiger partial charge on any atom is 0.330 e. The Morgan fingerprint density at radius 3 is 2.33 bits per heavy atom. The van der Waals surface area contributed by atoms with Gasteiger partial charge in [0.1, 0.15) is 13.2 Å². The van der Waals surface area contributed by atoms with Gasteiger partial charge >= 0.3 is 5.97 Å². The van der Waals surface area contributed by atoms with Crippen LogP contribution < -0.4 is 0 Å². The van der Waals surface area contributed by atoms with E-state index in [1.54, 1.807) is 0 Å². The third-order valence-corrected chi connectivity index (χ3v) is 1.17. The van der Waals surface area contributed by atoms with Crippen LogP contribution in [0.3, 0.4) is 0 Å². The molecule has 4 heteroatoms. The van der Waals surface area contributed by atoms with Crippen LogP contribution in [-0.2, 0) is 9.53 Å². The number of likely N-dealkylation sites (N-methyl/N-ethyl adjacent to an activating group) is 1. The second-order valence-corrected chi connectivity index (χ2v) is 3.39. The van der Waals surface area contributed by atoms with Crippen molar-refractivity contribution in [3.8, 4) is 0 Å². The van der Waals surface area contributed by atoms with Crippen LogP contribution in [-0.4, -0.2) is 44.7 Å². The molecule has 0 radical (unpaired) electrons. The van der Waals surface area contributed by atoms with Gasteiger partial charge in [-0.2, -0.15) is 0 Å². The van der Waals surface area contributed by atoms with Crippen LogP contribution in [0.2, 0.25) is 0 Å². The van der Waals surface area contributed by atoms with Crippen molar-refractivity contribution in [1.29, 1.82) is 0 Å². The maximum absolute atomic E-state index is 10.6. The Hall–Kier alpha value is -0.540. The van der Waals surface area contributed by atoms with Crippen molar-refractivity contribution in [2.24, 2.45) is 0 Å². The van der Waals surface area contributed by atoms with E-state index in [0.717, 1.165) is 11.0 Å². The number of hydrogen-bond acceptors (Lipinski definition) is 2. The van der Waals surface area contributed by atoms with Crippen molar-refractivity contribution >= 4 is 18.4 Å². The first kappa shape index (κ1) is 14.0. The monoisotopic (exact) mass is 194 g/mol. The number of hydrogen-bond donors (Lipinski definition) is 0. The number of nitrogens with zero attached hydrogens (tertiary/aromatic N) is 1. The van der Waals surface area contributed by atoms with Crippen LogP contribution in [0.1, 0.15) is 0 Å². The van der Waals surface area contributed by atoms with E-state index < -0.39 is 0 Å². The largest absolute Gasteiger partial charge is 0.457 e. The Kier molecular flexibility index (Phi) is 7.04. The molecule has 0 spiro atoms. The standard InChI is InChI=1S/C8H16NO2.ClH/c1-5-8(10)11-7-6-9(2,3)4;/h5H,1,6-7H2,2-4H3;1H/q+1;. The average molecular weight is 195 g/mol. The molecule has 0 aliphatic heterocycles. The molecule has 0 bridgehead atoms. The molecule has 0 N–H and O–H groups in total. The smallest absolute Gasteiger partial charge is 0.330 e. The molecule has 0 aliphatic carbocycles. The molecule has 0 aliphatic rings. The van der Waals surface area contributed by atoms with Gasteiger partial charge in [0.25, 0.3) is 0 Å². The molecular formula is C8H17ClNO2+. The van der Waals surface area contributed by atoms with Gasteiger partial charge in [0.15, 0.2) is 0 Å². The first-order valence-corrected chi connectivity index (χ1v) is 3.55. The molecule has 0 aromatic heterocycles. The summed E-state index contributed by atoms with van der Waals surface area (Å²) in [5.41, 5.74) is 0. The Balaban J connectivity index is 0. The van der Waals surface area contributed by atoms with E-state index in [-0.39, 0.29) is 18.4 Å². The van der Waals surface area contributed by atoms with E-state index >= 15 is 0 Å². The van der Waals surface area contributed by atoms with E-state index in [1.165, 1.54) is 6.08 Å². The van der Waals surface area contributed by atoms with Gasteiger partial charge < -0.3 is 9.22 Å². The topological polar surface area (TPSA) is 26.3 Å². The van der Waals surface area contributed by atoms with E-state index in [2.05, 4.69) is 6.58 Å². The van der Waals surface area contributed by atoms with E-state index in [1.807, 2.05) is 21.1 Å². The third-order valence-electron chi connectivity index (χ3n) is 1.17. The van der Waals surface area contributed by atoms with E-state index in [9.17, 15) is 4.79 Å². The van der Waals surface area contributed by atoms with Crippen molar-refractivity contribution in [2.75, 3.05) is 34.3 Å². The van der Waals surface area contributed by atoms with E-state index in [4.69, 9.17) is 4.74 Å². The summed E-state index contributed by atoms with van der Waals surface area (Å²) in [7, 11) is 6.13. The summed E-state index contributed by atoms with van der Waals surface area (Å²) in [6.07, 6.45) is 1.18. The third kappa shape index (κ3) is 9.46. The highest BCUT2D eigenvalue weighted by molar-refractivity contribution is 5.85. The Bertz CT molecular complexity index is 152. The number of ether oxygens (including phenoxy) is 1. The number of esters is 1. The fourth-order valence-electron chi connectivity index (χ4n) is 0.479. The van der Waals surface area contributed by atoms with Gasteiger partial charge in [-0.1, -0.05) is 6.58 Å². The van der Waals surface area contributed by atoms with Crippen LogP contribution in [0.5, 0.6) is 0 Å². The molecule has 0 fully saturated rings. The molecule has 0 atom stereocenters. The number of carbonyl (C=O) groups is 1. The first-order chi connectivity index (χ1) is 4.95. The molecule has 0 aromatic carbocycles. The number of carbonyl (C=O) groups excluding carboxylic acids is 1. The highest BCUT2D eigenvalue weighted by Crippen LogP contribution is 1.89. The van der Waals surface area contributed by atoms with Gasteiger partial charge in [-0.25, -0.2) is 4.79 Å². The predicted octanol–water partition coefficient (Wildman–Crippen LogP) is 0.844. The van der Waals surface area contributed by atoms with E-state index in [0.29, 0.717) is 6.61 Å². The summed E-state index contributed by atoms with van der Waals surface area (Å²) in [5.74, 6) is -0.349. The number of quaternary nitrogens is 1. The van der Waals surface area contributed by atoms with Gasteiger partial charge in [-0.05, 0) is 0 Å². The summed E-state index contributed by atoms with van der Waals surface area (Å²) in [4.78, 5) is 10.6. The van der Waals surface area contributed by atoms with Gasteiger partial charge in [-0.15, -0.1) is 12.4 Å². The van der Waals surface area contributed by atoms with Crippen molar-refractivity contribution in [3.63, 3.8) is 0 Å². The Morgan fingerprint density at radius 1 is 1.50 bits per heavy atom. The average Bonchev–Trinajstić information content (AvgIpc) is 1.85. The summed E-state index contributed by atoms with van der Waals surface area (Å²) in [6, 6.07) is 0. The molecule has 0 heterocycles. The molecule has 0 saturated heterocycles. The molecule has 12 heavy (non-hydrogen) atoms. The molecule has 0 amide bonds. The van der Waals surface area contributed by atoms with Crippen LogP contribution >= 0.6 is 12.4 Å². The van der Waals surface area contributed by atoms with Crippen LogP contribution in [0.4, 0.5) is 0 Å². The highest BCUT2D eigenvalue weighted by Gasteiger charge is 2.06. The van der Waals surface area contributed by atoms with Crippen LogP contribution in [0, 0.1) is 0 Å². The van der Waals surface area contributed by atoms with Crippen molar-refractivity contribution in [3.05, 3.63) is 12.7 Å². The van der Waals surface area contributed by atoms with Crippen LogP contribution in [0.25, 0.3) is 0 Å². The minimum absolute atomic E-state index is 0. The van der Waals surface area contributed by atoms with Gasteiger partial charge in [0.05, 0.1) is 21.1 Å². The Morgan fingerprint density at radius 2 is 2.00 bits per heavy atom. The Labute approximate surface area is 80.0 Å². The lowest BCUT2D eigenvalue weighted by molar-refractivity contribution is -0.870.